The quantitative estimate of drug-likeness (QED) is 0.682. The molecule has 0 spiro atoms. The lowest BCUT2D eigenvalue weighted by Gasteiger charge is -2.18. The van der Waals surface area contributed by atoms with Gasteiger partial charge < -0.3 is 14.3 Å². The number of nitrogens with zero attached hydrogens (tertiary/aromatic N) is 1. The molecule has 0 saturated carbocycles. The van der Waals surface area contributed by atoms with Crippen molar-refractivity contribution in [3.8, 4) is 11.5 Å². The fourth-order valence-corrected chi connectivity index (χ4v) is 3.06. The van der Waals surface area contributed by atoms with Gasteiger partial charge in [0.1, 0.15) is 17.1 Å². The Morgan fingerprint density at radius 3 is 2.54 bits per heavy atom. The Morgan fingerprint density at radius 2 is 1.85 bits per heavy atom. The van der Waals surface area contributed by atoms with Gasteiger partial charge in [-0.05, 0) is 56.3 Å². The molecule has 1 aromatic heterocycles. The van der Waals surface area contributed by atoms with Gasteiger partial charge in [0.15, 0.2) is 0 Å². The van der Waals surface area contributed by atoms with Gasteiger partial charge in [-0.15, -0.1) is 0 Å². The van der Waals surface area contributed by atoms with E-state index in [0.717, 1.165) is 28.8 Å². The number of rotatable bonds is 6. The number of aromatic hydroxyl groups is 1. The minimum atomic E-state index is -0.407. The van der Waals surface area contributed by atoms with E-state index in [-0.39, 0.29) is 5.75 Å². The molecular formula is C21H23NO4. The fraction of sp³-hybridized carbons (Fsp3) is 0.286. The summed E-state index contributed by atoms with van der Waals surface area (Å²) < 4.78 is 10.8. The van der Waals surface area contributed by atoms with Crippen LogP contribution in [0.2, 0.25) is 0 Å². The van der Waals surface area contributed by atoms with E-state index in [1.165, 1.54) is 6.07 Å². The van der Waals surface area contributed by atoms with Crippen molar-refractivity contribution in [3.63, 3.8) is 0 Å². The zero-order valence-electron chi connectivity index (χ0n) is 15.3. The maximum Gasteiger partial charge on any atom is 0.336 e. The van der Waals surface area contributed by atoms with E-state index in [9.17, 15) is 9.90 Å². The third kappa shape index (κ3) is 3.89. The zero-order chi connectivity index (χ0) is 18.7. The summed E-state index contributed by atoms with van der Waals surface area (Å²) in [6.45, 7) is 5.69. The highest BCUT2D eigenvalue weighted by Crippen LogP contribution is 2.28. The Labute approximate surface area is 152 Å². The Balaban J connectivity index is 1.82. The van der Waals surface area contributed by atoms with Gasteiger partial charge in [0.25, 0.3) is 0 Å². The average molecular weight is 353 g/mol. The molecular weight excluding hydrogens is 330 g/mol. The van der Waals surface area contributed by atoms with Gasteiger partial charge >= 0.3 is 5.63 Å². The van der Waals surface area contributed by atoms with Gasteiger partial charge in [-0.2, -0.15) is 0 Å². The number of aryl methyl sites for hydroxylation is 1. The first-order chi connectivity index (χ1) is 12.5. The van der Waals surface area contributed by atoms with Crippen LogP contribution in [0, 0.1) is 6.92 Å². The Hall–Kier alpha value is -2.79. The first-order valence-electron chi connectivity index (χ1n) is 8.63. The number of hydrogen-bond acceptors (Lipinski definition) is 5. The highest BCUT2D eigenvalue weighted by molar-refractivity contribution is 5.84. The number of phenolic OH excluding ortho intramolecular Hbond substituents is 1. The lowest BCUT2D eigenvalue weighted by Crippen LogP contribution is -2.18. The number of benzene rings is 2. The molecule has 0 saturated heterocycles. The molecule has 0 fully saturated rings. The molecule has 0 radical (unpaired) electrons. The van der Waals surface area contributed by atoms with Gasteiger partial charge in [-0.3, -0.25) is 4.90 Å². The average Bonchev–Trinajstić information content (AvgIpc) is 2.60. The minimum absolute atomic E-state index is 0.126. The summed E-state index contributed by atoms with van der Waals surface area (Å²) in [7, 11) is 2.00. The van der Waals surface area contributed by atoms with Crippen LogP contribution in [-0.2, 0) is 13.1 Å². The molecule has 3 rings (SSSR count). The third-order valence-corrected chi connectivity index (χ3v) is 4.35. The summed E-state index contributed by atoms with van der Waals surface area (Å²) >= 11 is 0. The van der Waals surface area contributed by atoms with Crippen LogP contribution in [0.15, 0.2) is 51.7 Å². The Bertz CT molecular complexity index is 960. The summed E-state index contributed by atoms with van der Waals surface area (Å²) in [5.74, 6) is 0.987. The van der Waals surface area contributed by atoms with Gasteiger partial charge in [0.05, 0.1) is 6.61 Å². The molecule has 136 valence electrons. The summed E-state index contributed by atoms with van der Waals surface area (Å²) in [5, 5.41) is 10.7. The lowest BCUT2D eigenvalue weighted by molar-refractivity contribution is 0.318. The predicted octanol–water partition coefficient (Wildman–Crippen LogP) is 3.84. The van der Waals surface area contributed by atoms with Crippen LogP contribution in [0.4, 0.5) is 0 Å². The molecule has 0 amide bonds. The number of hydrogen-bond donors (Lipinski definition) is 1. The monoisotopic (exact) mass is 353 g/mol. The van der Waals surface area contributed by atoms with E-state index < -0.39 is 5.63 Å². The molecule has 3 aromatic rings. The number of fused-ring (bicyclic) bond motifs is 1. The molecule has 5 nitrogen and oxygen atoms in total. The first kappa shape index (κ1) is 18.0. The molecule has 0 aliphatic heterocycles. The summed E-state index contributed by atoms with van der Waals surface area (Å²) in [6.07, 6.45) is 0. The van der Waals surface area contributed by atoms with Crippen molar-refractivity contribution in [2.45, 2.75) is 26.9 Å². The van der Waals surface area contributed by atoms with Crippen LogP contribution in [0.25, 0.3) is 11.0 Å². The molecule has 0 unspecified atom stereocenters. The summed E-state index contributed by atoms with van der Waals surface area (Å²) in [4.78, 5) is 14.1. The molecule has 2 aromatic carbocycles. The standard InChI is InChI=1S/C21H23NO4/c1-4-25-17-7-5-15(6-8-17)12-22(3)13-16-11-20(24)26-21-14(2)19(23)10-9-18(16)21/h5-11,23H,4,12-13H2,1-3H3. The van der Waals surface area contributed by atoms with Crippen molar-refractivity contribution in [3.05, 3.63) is 69.6 Å². The van der Waals surface area contributed by atoms with Crippen LogP contribution in [0.3, 0.4) is 0 Å². The smallest absolute Gasteiger partial charge is 0.336 e. The maximum absolute atomic E-state index is 11.9. The van der Waals surface area contributed by atoms with E-state index in [0.29, 0.717) is 24.3 Å². The zero-order valence-corrected chi connectivity index (χ0v) is 15.3. The SMILES string of the molecule is CCOc1ccc(CN(C)Cc2cc(=O)oc3c(C)c(O)ccc23)cc1. The lowest BCUT2D eigenvalue weighted by atomic mass is 10.1. The largest absolute Gasteiger partial charge is 0.508 e. The van der Waals surface area contributed by atoms with Gasteiger partial charge in [-0.25, -0.2) is 4.79 Å². The Kier molecular flexibility index (Phi) is 5.28. The predicted molar refractivity (Wildman–Crippen MR) is 102 cm³/mol. The van der Waals surface area contributed by atoms with Crippen molar-refractivity contribution >= 4 is 11.0 Å². The number of phenols is 1. The summed E-state index contributed by atoms with van der Waals surface area (Å²) in [5.41, 5.74) is 2.66. The fourth-order valence-electron chi connectivity index (χ4n) is 3.06. The maximum atomic E-state index is 11.9. The van der Waals surface area contributed by atoms with Crippen molar-refractivity contribution in [2.75, 3.05) is 13.7 Å². The van der Waals surface area contributed by atoms with Crippen molar-refractivity contribution in [1.82, 2.24) is 4.90 Å². The molecule has 1 heterocycles. The highest BCUT2D eigenvalue weighted by atomic mass is 16.5. The van der Waals surface area contributed by atoms with Crippen molar-refractivity contribution < 1.29 is 14.3 Å². The van der Waals surface area contributed by atoms with Crippen molar-refractivity contribution in [2.24, 2.45) is 0 Å². The first-order valence-corrected chi connectivity index (χ1v) is 8.63. The van der Waals surface area contributed by atoms with E-state index in [1.54, 1.807) is 19.1 Å². The van der Waals surface area contributed by atoms with E-state index in [1.807, 2.05) is 38.2 Å². The molecule has 5 heteroatoms. The second-order valence-electron chi connectivity index (χ2n) is 6.43. The third-order valence-electron chi connectivity index (χ3n) is 4.35. The van der Waals surface area contributed by atoms with Gasteiger partial charge in [0.2, 0.25) is 0 Å². The van der Waals surface area contributed by atoms with Crippen LogP contribution in [-0.4, -0.2) is 23.7 Å². The number of ether oxygens (including phenoxy) is 1. The molecule has 0 aliphatic carbocycles. The highest BCUT2D eigenvalue weighted by Gasteiger charge is 2.12. The second-order valence-corrected chi connectivity index (χ2v) is 6.43. The van der Waals surface area contributed by atoms with Crippen LogP contribution in [0.5, 0.6) is 11.5 Å². The normalized spacial score (nSPS) is 11.2. The topological polar surface area (TPSA) is 62.9 Å². The molecule has 0 atom stereocenters. The van der Waals surface area contributed by atoms with Gasteiger partial charge in [0, 0.05) is 30.1 Å². The molecule has 26 heavy (non-hydrogen) atoms. The van der Waals surface area contributed by atoms with Crippen LogP contribution < -0.4 is 10.4 Å². The van der Waals surface area contributed by atoms with E-state index in [2.05, 4.69) is 4.90 Å². The van der Waals surface area contributed by atoms with Gasteiger partial charge in [-0.1, -0.05) is 12.1 Å². The molecule has 1 N–H and O–H groups in total. The van der Waals surface area contributed by atoms with Crippen molar-refractivity contribution in [1.29, 1.82) is 0 Å². The van der Waals surface area contributed by atoms with E-state index in [4.69, 9.17) is 9.15 Å². The molecule has 0 aliphatic rings. The van der Waals surface area contributed by atoms with Crippen LogP contribution >= 0.6 is 0 Å². The molecule has 0 bridgehead atoms. The second kappa shape index (κ2) is 7.62. The Morgan fingerprint density at radius 1 is 1.12 bits per heavy atom. The minimum Gasteiger partial charge on any atom is -0.508 e. The summed E-state index contributed by atoms with van der Waals surface area (Å²) in [6, 6.07) is 13.0. The van der Waals surface area contributed by atoms with Crippen LogP contribution in [0.1, 0.15) is 23.6 Å². The van der Waals surface area contributed by atoms with E-state index >= 15 is 0 Å².